The molecule has 1 aromatic carbocycles. The predicted octanol–water partition coefficient (Wildman–Crippen LogP) is 1.89. The minimum absolute atomic E-state index is 0.0115. The number of nitrogens with zero attached hydrogens (tertiary/aromatic N) is 4. The Bertz CT molecular complexity index is 832. The van der Waals surface area contributed by atoms with E-state index in [-0.39, 0.29) is 30.1 Å². The third-order valence-electron chi connectivity index (χ3n) is 6.57. The van der Waals surface area contributed by atoms with Crippen LogP contribution in [-0.4, -0.2) is 73.3 Å². The van der Waals surface area contributed by atoms with Gasteiger partial charge < -0.3 is 14.7 Å². The molecule has 0 aromatic heterocycles. The largest absolute Gasteiger partial charge is 0.340 e. The maximum Gasteiger partial charge on any atom is 0.228 e. The van der Waals surface area contributed by atoms with Crippen molar-refractivity contribution < 1.29 is 14.4 Å². The first-order valence-electron chi connectivity index (χ1n) is 11.3. The molecule has 1 aromatic rings. The maximum atomic E-state index is 13.0. The second kappa shape index (κ2) is 8.76. The quantitative estimate of drug-likeness (QED) is 0.741. The molecule has 2 fully saturated rings. The lowest BCUT2D eigenvalue weighted by atomic mass is 10.1. The van der Waals surface area contributed by atoms with Crippen LogP contribution in [0.2, 0.25) is 0 Å². The summed E-state index contributed by atoms with van der Waals surface area (Å²) in [6.45, 7) is 9.62. The van der Waals surface area contributed by atoms with Crippen molar-refractivity contribution in [1.82, 2.24) is 9.80 Å². The molecule has 30 heavy (non-hydrogen) atoms. The second-order valence-corrected chi connectivity index (χ2v) is 8.53. The average Bonchev–Trinajstić information content (AvgIpc) is 3.36. The van der Waals surface area contributed by atoms with Gasteiger partial charge in [0.2, 0.25) is 17.7 Å². The molecule has 3 amide bonds. The number of fused-ring (bicyclic) bond motifs is 1. The minimum Gasteiger partial charge on any atom is -0.340 e. The van der Waals surface area contributed by atoms with Gasteiger partial charge in [0, 0.05) is 63.5 Å². The lowest BCUT2D eigenvalue weighted by Crippen LogP contribution is -2.50. The first-order chi connectivity index (χ1) is 14.5. The van der Waals surface area contributed by atoms with Gasteiger partial charge in [0.1, 0.15) is 0 Å². The highest BCUT2D eigenvalue weighted by atomic mass is 16.2. The average molecular weight is 413 g/mol. The number of anilines is 2. The Labute approximate surface area is 178 Å². The number of benzene rings is 1. The number of carbonyl (C=O) groups excluding carboxylic acids is 3. The molecule has 1 unspecified atom stereocenters. The standard InChI is InChI=1S/C23H32N4O3/c1-3-8-24-10-12-25(13-11-24)23(30)18-15-22(29)27(16-18)19-5-6-20-17(14-19)7-9-26(20)21(28)4-2/h5-6,14,18H,3-4,7-13,15-16H2,1-2H3. The zero-order valence-corrected chi connectivity index (χ0v) is 18.1. The van der Waals surface area contributed by atoms with Gasteiger partial charge in [-0.25, -0.2) is 0 Å². The molecule has 3 aliphatic rings. The Morgan fingerprint density at radius 1 is 1.07 bits per heavy atom. The molecular formula is C23H32N4O3. The summed E-state index contributed by atoms with van der Waals surface area (Å²) >= 11 is 0. The van der Waals surface area contributed by atoms with Crippen molar-refractivity contribution >= 4 is 29.1 Å². The van der Waals surface area contributed by atoms with Crippen molar-refractivity contribution in [2.75, 3.05) is 55.6 Å². The zero-order chi connectivity index (χ0) is 21.3. The van der Waals surface area contributed by atoms with Crippen LogP contribution in [0.4, 0.5) is 11.4 Å². The van der Waals surface area contributed by atoms with Gasteiger partial charge in [-0.05, 0) is 43.1 Å². The van der Waals surface area contributed by atoms with Crippen molar-refractivity contribution in [3.05, 3.63) is 23.8 Å². The van der Waals surface area contributed by atoms with Crippen molar-refractivity contribution in [2.45, 2.75) is 39.5 Å². The van der Waals surface area contributed by atoms with Gasteiger partial charge in [-0.2, -0.15) is 0 Å². The number of amides is 3. The van der Waals surface area contributed by atoms with Gasteiger partial charge in [-0.3, -0.25) is 19.3 Å². The lowest BCUT2D eigenvalue weighted by molar-refractivity contribution is -0.137. The Balaban J connectivity index is 1.41. The molecule has 7 nitrogen and oxygen atoms in total. The van der Waals surface area contributed by atoms with Crippen LogP contribution in [0.3, 0.4) is 0 Å². The Morgan fingerprint density at radius 2 is 1.83 bits per heavy atom. The molecule has 3 aliphatic heterocycles. The number of carbonyl (C=O) groups is 3. The highest BCUT2D eigenvalue weighted by Gasteiger charge is 2.38. The number of piperazine rings is 1. The van der Waals surface area contributed by atoms with Crippen LogP contribution < -0.4 is 9.80 Å². The van der Waals surface area contributed by atoms with E-state index in [1.807, 2.05) is 34.9 Å². The van der Waals surface area contributed by atoms with Crippen molar-refractivity contribution in [3.8, 4) is 0 Å². The van der Waals surface area contributed by atoms with Crippen LogP contribution in [-0.2, 0) is 20.8 Å². The molecule has 0 bridgehead atoms. The van der Waals surface area contributed by atoms with Gasteiger partial charge in [-0.1, -0.05) is 13.8 Å². The van der Waals surface area contributed by atoms with Gasteiger partial charge in [0.15, 0.2) is 0 Å². The van der Waals surface area contributed by atoms with E-state index < -0.39 is 0 Å². The Morgan fingerprint density at radius 3 is 2.53 bits per heavy atom. The fraction of sp³-hybridized carbons (Fsp3) is 0.609. The minimum atomic E-state index is -0.262. The summed E-state index contributed by atoms with van der Waals surface area (Å²) in [6.07, 6.45) is 2.71. The number of rotatable bonds is 5. The molecule has 0 spiro atoms. The second-order valence-electron chi connectivity index (χ2n) is 8.53. The van der Waals surface area contributed by atoms with E-state index >= 15 is 0 Å². The van der Waals surface area contributed by atoms with E-state index in [1.54, 1.807) is 4.90 Å². The van der Waals surface area contributed by atoms with Crippen LogP contribution in [0.1, 0.15) is 38.7 Å². The van der Waals surface area contributed by atoms with E-state index in [0.717, 1.165) is 62.5 Å². The molecule has 0 N–H and O–H groups in total. The summed E-state index contributed by atoms with van der Waals surface area (Å²) in [5, 5.41) is 0. The van der Waals surface area contributed by atoms with Gasteiger partial charge in [-0.15, -0.1) is 0 Å². The summed E-state index contributed by atoms with van der Waals surface area (Å²) in [6, 6.07) is 5.88. The zero-order valence-electron chi connectivity index (χ0n) is 18.1. The normalized spacial score (nSPS) is 22.0. The molecule has 7 heteroatoms. The summed E-state index contributed by atoms with van der Waals surface area (Å²) < 4.78 is 0. The van der Waals surface area contributed by atoms with Crippen molar-refractivity contribution in [2.24, 2.45) is 5.92 Å². The van der Waals surface area contributed by atoms with Crippen LogP contribution >= 0.6 is 0 Å². The monoisotopic (exact) mass is 412 g/mol. The molecule has 0 aliphatic carbocycles. The highest BCUT2D eigenvalue weighted by Crippen LogP contribution is 2.34. The summed E-state index contributed by atoms with van der Waals surface area (Å²) in [7, 11) is 0. The maximum absolute atomic E-state index is 13.0. The number of hydrogen-bond acceptors (Lipinski definition) is 4. The molecule has 2 saturated heterocycles. The lowest BCUT2D eigenvalue weighted by Gasteiger charge is -2.35. The first kappa shape index (κ1) is 20.8. The molecule has 1 atom stereocenters. The smallest absolute Gasteiger partial charge is 0.228 e. The third-order valence-corrected chi connectivity index (χ3v) is 6.57. The van der Waals surface area contributed by atoms with E-state index in [1.165, 1.54) is 0 Å². The Kier molecular flexibility index (Phi) is 6.09. The third kappa shape index (κ3) is 3.95. The van der Waals surface area contributed by atoms with Crippen LogP contribution in [0, 0.1) is 5.92 Å². The predicted molar refractivity (Wildman–Crippen MR) is 117 cm³/mol. The fourth-order valence-electron chi connectivity index (χ4n) is 4.89. The SMILES string of the molecule is CCCN1CCN(C(=O)C2CC(=O)N(c3ccc4c(c3)CCN4C(=O)CC)C2)CC1. The van der Waals surface area contributed by atoms with E-state index in [4.69, 9.17) is 0 Å². The van der Waals surface area contributed by atoms with Crippen molar-refractivity contribution in [1.29, 1.82) is 0 Å². The number of hydrogen-bond donors (Lipinski definition) is 0. The van der Waals surface area contributed by atoms with E-state index in [2.05, 4.69) is 11.8 Å². The first-order valence-corrected chi connectivity index (χ1v) is 11.3. The van der Waals surface area contributed by atoms with Crippen LogP contribution in [0.25, 0.3) is 0 Å². The molecule has 0 radical (unpaired) electrons. The molecule has 4 rings (SSSR count). The van der Waals surface area contributed by atoms with Crippen molar-refractivity contribution in [3.63, 3.8) is 0 Å². The van der Waals surface area contributed by atoms with Crippen LogP contribution in [0.5, 0.6) is 0 Å². The summed E-state index contributed by atoms with van der Waals surface area (Å²) in [4.78, 5) is 45.7. The highest BCUT2D eigenvalue weighted by molar-refractivity contribution is 6.01. The van der Waals surface area contributed by atoms with Gasteiger partial charge >= 0.3 is 0 Å². The van der Waals surface area contributed by atoms with Crippen LogP contribution in [0.15, 0.2) is 18.2 Å². The molecule has 162 valence electrons. The topological polar surface area (TPSA) is 64.2 Å². The molecule has 3 heterocycles. The molecular weight excluding hydrogens is 380 g/mol. The van der Waals surface area contributed by atoms with E-state index in [0.29, 0.717) is 19.5 Å². The van der Waals surface area contributed by atoms with E-state index in [9.17, 15) is 14.4 Å². The van der Waals surface area contributed by atoms with Gasteiger partial charge in [0.05, 0.1) is 5.92 Å². The molecule has 0 saturated carbocycles. The summed E-state index contributed by atoms with van der Waals surface area (Å²) in [5.74, 6) is -0.00891. The van der Waals surface area contributed by atoms with Gasteiger partial charge in [0.25, 0.3) is 0 Å². The fourth-order valence-corrected chi connectivity index (χ4v) is 4.89. The Hall–Kier alpha value is -2.41. The summed E-state index contributed by atoms with van der Waals surface area (Å²) in [5.41, 5.74) is 2.89.